The predicted molar refractivity (Wildman–Crippen MR) is 112 cm³/mol. The fraction of sp³-hybridized carbons (Fsp3) is 0.350. The summed E-state index contributed by atoms with van der Waals surface area (Å²) in [5, 5.41) is 13.1. The zero-order chi connectivity index (χ0) is 21.5. The maximum Gasteiger partial charge on any atom is 0.261 e. The van der Waals surface area contributed by atoms with Crippen molar-refractivity contribution in [2.45, 2.75) is 19.9 Å². The van der Waals surface area contributed by atoms with E-state index in [1.54, 1.807) is 10.6 Å². The summed E-state index contributed by atoms with van der Waals surface area (Å²) in [6, 6.07) is 9.20. The van der Waals surface area contributed by atoms with Crippen LogP contribution in [0.5, 0.6) is 0 Å². The van der Waals surface area contributed by atoms with Gasteiger partial charge in [0, 0.05) is 31.9 Å². The molecule has 1 aromatic carbocycles. The van der Waals surface area contributed by atoms with Crippen LogP contribution in [-0.4, -0.2) is 62.0 Å². The third kappa shape index (κ3) is 3.56. The molecule has 11 heteroatoms. The molecule has 1 aliphatic heterocycles. The van der Waals surface area contributed by atoms with Gasteiger partial charge in [-0.3, -0.25) is 9.36 Å². The van der Waals surface area contributed by atoms with Gasteiger partial charge in [0.05, 0.1) is 23.8 Å². The molecule has 1 aliphatic rings. The molecule has 0 radical (unpaired) electrons. The lowest BCUT2D eigenvalue weighted by atomic mass is 10.2. The van der Waals surface area contributed by atoms with E-state index in [1.165, 1.54) is 6.33 Å². The average molecular weight is 426 g/mol. The maximum absolute atomic E-state index is 12.6. The van der Waals surface area contributed by atoms with Gasteiger partial charge in [0.25, 0.3) is 12.0 Å². The van der Waals surface area contributed by atoms with Crippen LogP contribution in [0.2, 0.25) is 0 Å². The number of hydrogen-bond acceptors (Lipinski definition) is 7. The lowest BCUT2D eigenvalue weighted by Crippen LogP contribution is -2.47. The van der Waals surface area contributed by atoms with Gasteiger partial charge in [0.2, 0.25) is 0 Å². The van der Waals surface area contributed by atoms with Gasteiger partial charge in [-0.2, -0.15) is 4.52 Å². The summed E-state index contributed by atoms with van der Waals surface area (Å²) in [6.07, 6.45) is -1.41. The number of anilines is 2. The molecule has 160 valence electrons. The fourth-order valence-corrected chi connectivity index (χ4v) is 3.87. The Morgan fingerprint density at radius 1 is 1.03 bits per heavy atom. The van der Waals surface area contributed by atoms with Crippen LogP contribution in [0, 0.1) is 6.92 Å². The second-order valence-corrected chi connectivity index (χ2v) is 7.48. The summed E-state index contributed by atoms with van der Waals surface area (Å²) in [6.45, 7) is 4.32. The Hall–Kier alpha value is -3.63. The summed E-state index contributed by atoms with van der Waals surface area (Å²) in [5.74, 6) is 1.61. The van der Waals surface area contributed by atoms with Crippen LogP contribution in [0.3, 0.4) is 0 Å². The SMILES string of the molecule is Cc1nnc2ccc(N3CCN(c4ccc5c(=O)n(CC(F)F)cnc5c4)CC3)nn12. The average Bonchev–Trinajstić information content (AvgIpc) is 3.15. The molecule has 31 heavy (non-hydrogen) atoms. The molecule has 0 bridgehead atoms. The van der Waals surface area contributed by atoms with E-state index in [2.05, 4.69) is 30.1 Å². The number of aryl methyl sites for hydroxylation is 1. The number of fused-ring (bicyclic) bond motifs is 2. The Bertz CT molecular complexity index is 1310. The summed E-state index contributed by atoms with van der Waals surface area (Å²) in [5.41, 5.74) is 1.72. The minimum atomic E-state index is -2.60. The first kappa shape index (κ1) is 19.3. The highest BCUT2D eigenvalue weighted by molar-refractivity contribution is 5.81. The van der Waals surface area contributed by atoms with Crippen LogP contribution in [0.25, 0.3) is 16.6 Å². The Morgan fingerprint density at radius 2 is 1.81 bits per heavy atom. The molecule has 3 aromatic heterocycles. The van der Waals surface area contributed by atoms with Crippen LogP contribution in [0.15, 0.2) is 41.5 Å². The molecule has 5 rings (SSSR count). The van der Waals surface area contributed by atoms with Crippen molar-refractivity contribution in [3.8, 4) is 0 Å². The second-order valence-electron chi connectivity index (χ2n) is 7.48. The molecule has 4 aromatic rings. The first-order valence-corrected chi connectivity index (χ1v) is 9.96. The molecule has 4 heterocycles. The first-order valence-electron chi connectivity index (χ1n) is 9.96. The molecule has 0 aliphatic carbocycles. The third-order valence-electron chi connectivity index (χ3n) is 5.52. The van der Waals surface area contributed by atoms with E-state index >= 15 is 0 Å². The van der Waals surface area contributed by atoms with E-state index in [1.807, 2.05) is 31.2 Å². The normalized spacial score (nSPS) is 14.8. The van der Waals surface area contributed by atoms with Gasteiger partial charge in [-0.1, -0.05) is 0 Å². The lowest BCUT2D eigenvalue weighted by molar-refractivity contribution is 0.125. The van der Waals surface area contributed by atoms with E-state index in [0.717, 1.165) is 53.7 Å². The Kier molecular flexibility index (Phi) is 4.72. The smallest absolute Gasteiger partial charge is 0.261 e. The van der Waals surface area contributed by atoms with Crippen LogP contribution in [-0.2, 0) is 6.54 Å². The van der Waals surface area contributed by atoms with E-state index in [4.69, 9.17) is 0 Å². The molecule has 0 spiro atoms. The summed E-state index contributed by atoms with van der Waals surface area (Å²) < 4.78 is 27.9. The van der Waals surface area contributed by atoms with Gasteiger partial charge in [0.1, 0.15) is 5.82 Å². The number of benzene rings is 1. The molecule has 0 atom stereocenters. The summed E-state index contributed by atoms with van der Waals surface area (Å²) >= 11 is 0. The molecule has 1 fully saturated rings. The van der Waals surface area contributed by atoms with Gasteiger partial charge in [0.15, 0.2) is 11.5 Å². The number of nitrogens with zero attached hydrogens (tertiary/aromatic N) is 8. The van der Waals surface area contributed by atoms with Crippen molar-refractivity contribution in [1.82, 2.24) is 29.4 Å². The van der Waals surface area contributed by atoms with Crippen molar-refractivity contribution in [1.29, 1.82) is 0 Å². The topological polar surface area (TPSA) is 84.5 Å². The standard InChI is InChI=1S/C20H20F2N8O/c1-13-24-25-18-4-5-19(26-30(13)18)28-8-6-27(7-9-28)14-2-3-15-16(10-14)23-12-29(20(15)31)11-17(21)22/h2-5,10,12,17H,6-9,11H2,1H3. The molecule has 9 nitrogen and oxygen atoms in total. The maximum atomic E-state index is 12.6. The number of alkyl halides is 2. The number of aromatic nitrogens is 6. The largest absolute Gasteiger partial charge is 0.368 e. The first-order chi connectivity index (χ1) is 15.0. The highest BCUT2D eigenvalue weighted by Crippen LogP contribution is 2.22. The van der Waals surface area contributed by atoms with E-state index < -0.39 is 18.5 Å². The van der Waals surface area contributed by atoms with Crippen molar-refractivity contribution < 1.29 is 8.78 Å². The number of halogens is 2. The van der Waals surface area contributed by atoms with Crippen LogP contribution >= 0.6 is 0 Å². The van der Waals surface area contributed by atoms with Crippen LogP contribution in [0.1, 0.15) is 5.82 Å². The van der Waals surface area contributed by atoms with Gasteiger partial charge >= 0.3 is 0 Å². The van der Waals surface area contributed by atoms with Crippen molar-refractivity contribution in [3.63, 3.8) is 0 Å². The molecule has 0 N–H and O–H groups in total. The van der Waals surface area contributed by atoms with Crippen molar-refractivity contribution in [2.75, 3.05) is 36.0 Å². The quantitative estimate of drug-likeness (QED) is 0.491. The molecule has 0 amide bonds. The van der Waals surface area contributed by atoms with E-state index in [0.29, 0.717) is 10.9 Å². The lowest BCUT2D eigenvalue weighted by Gasteiger charge is -2.36. The predicted octanol–water partition coefficient (Wildman–Crippen LogP) is 1.73. The number of rotatable bonds is 4. The van der Waals surface area contributed by atoms with Crippen molar-refractivity contribution in [3.05, 3.63) is 52.8 Å². The highest BCUT2D eigenvalue weighted by atomic mass is 19.3. The Morgan fingerprint density at radius 3 is 2.58 bits per heavy atom. The molecule has 1 saturated heterocycles. The second kappa shape index (κ2) is 7.56. The van der Waals surface area contributed by atoms with Crippen molar-refractivity contribution in [2.24, 2.45) is 0 Å². The molecular weight excluding hydrogens is 406 g/mol. The van der Waals surface area contributed by atoms with Gasteiger partial charge in [-0.25, -0.2) is 13.8 Å². The Labute approximate surface area is 175 Å². The van der Waals surface area contributed by atoms with Gasteiger partial charge in [-0.05, 0) is 37.3 Å². The monoisotopic (exact) mass is 426 g/mol. The summed E-state index contributed by atoms with van der Waals surface area (Å²) in [7, 11) is 0. The van der Waals surface area contributed by atoms with E-state index in [9.17, 15) is 13.6 Å². The molecule has 0 saturated carbocycles. The van der Waals surface area contributed by atoms with Crippen molar-refractivity contribution >= 4 is 28.1 Å². The fourth-order valence-electron chi connectivity index (χ4n) is 3.87. The Balaban J connectivity index is 1.33. The number of hydrogen-bond donors (Lipinski definition) is 0. The van der Waals surface area contributed by atoms with E-state index in [-0.39, 0.29) is 0 Å². The highest BCUT2D eigenvalue weighted by Gasteiger charge is 2.20. The minimum Gasteiger partial charge on any atom is -0.368 e. The van der Waals surface area contributed by atoms with Gasteiger partial charge < -0.3 is 9.80 Å². The third-order valence-corrected chi connectivity index (χ3v) is 5.52. The molecule has 0 unspecified atom stereocenters. The van der Waals surface area contributed by atoms with Crippen LogP contribution < -0.4 is 15.4 Å². The molecular formula is C20H20F2N8O. The zero-order valence-corrected chi connectivity index (χ0v) is 16.8. The van der Waals surface area contributed by atoms with Gasteiger partial charge in [-0.15, -0.1) is 15.3 Å². The zero-order valence-electron chi connectivity index (χ0n) is 16.8. The van der Waals surface area contributed by atoms with Crippen LogP contribution in [0.4, 0.5) is 20.3 Å². The number of piperazine rings is 1. The summed E-state index contributed by atoms with van der Waals surface area (Å²) in [4.78, 5) is 21.0. The minimum absolute atomic E-state index is 0.340.